The molecule has 0 heterocycles. The van der Waals surface area contributed by atoms with Crippen molar-refractivity contribution in [3.8, 4) is 6.26 Å². The van der Waals surface area contributed by atoms with Crippen LogP contribution in [-0.2, 0) is 0 Å². The van der Waals surface area contributed by atoms with Gasteiger partial charge < -0.3 is 5.11 Å². The van der Waals surface area contributed by atoms with E-state index in [4.69, 9.17) is 10.4 Å². The second-order valence-corrected chi connectivity index (χ2v) is 6.36. The van der Waals surface area contributed by atoms with Crippen molar-refractivity contribution >= 4 is 0 Å². The van der Waals surface area contributed by atoms with E-state index in [1.54, 1.807) is 0 Å². The van der Waals surface area contributed by atoms with Crippen LogP contribution in [0.25, 0.3) is 0 Å². The van der Waals surface area contributed by atoms with Gasteiger partial charge in [-0.05, 0) is 37.0 Å². The highest BCUT2D eigenvalue weighted by Gasteiger charge is 2.34. The van der Waals surface area contributed by atoms with Crippen LogP contribution in [0.3, 0.4) is 0 Å². The SMILES string of the molecule is CC1(C2CCCCCC2)CCCCCC1.N#CO. The number of rotatable bonds is 1. The van der Waals surface area contributed by atoms with E-state index < -0.39 is 0 Å². The van der Waals surface area contributed by atoms with Gasteiger partial charge in [0, 0.05) is 0 Å². The number of hydrogen-bond donors (Lipinski definition) is 1. The Labute approximate surface area is 112 Å². The Kier molecular flexibility index (Phi) is 7.16. The van der Waals surface area contributed by atoms with E-state index >= 15 is 0 Å². The van der Waals surface area contributed by atoms with E-state index in [0.29, 0.717) is 0 Å². The third kappa shape index (κ3) is 4.88. The van der Waals surface area contributed by atoms with E-state index in [1.807, 2.05) is 0 Å². The minimum absolute atomic E-state index is 0.723. The fourth-order valence-electron chi connectivity index (χ4n) is 3.92. The van der Waals surface area contributed by atoms with Gasteiger partial charge in [-0.2, -0.15) is 5.26 Å². The van der Waals surface area contributed by atoms with Gasteiger partial charge in [0.1, 0.15) is 0 Å². The van der Waals surface area contributed by atoms with Crippen LogP contribution in [0, 0.1) is 22.9 Å². The lowest BCUT2D eigenvalue weighted by Gasteiger charge is -2.37. The Bertz CT molecular complexity index is 240. The monoisotopic (exact) mass is 251 g/mol. The average Bonchev–Trinajstić information content (AvgIpc) is 2.73. The van der Waals surface area contributed by atoms with Gasteiger partial charge in [-0.15, -0.1) is 0 Å². The molecule has 0 spiro atoms. The Hall–Kier alpha value is -0.710. The summed E-state index contributed by atoms with van der Waals surface area (Å²) in [6, 6.07) is 0. The summed E-state index contributed by atoms with van der Waals surface area (Å²) < 4.78 is 0. The van der Waals surface area contributed by atoms with E-state index in [2.05, 4.69) is 6.92 Å². The van der Waals surface area contributed by atoms with Crippen LogP contribution in [0.1, 0.15) is 84.0 Å². The highest BCUT2D eigenvalue weighted by molar-refractivity contribution is 4.85. The first-order chi connectivity index (χ1) is 8.73. The van der Waals surface area contributed by atoms with Crippen LogP contribution < -0.4 is 0 Å². The first-order valence-corrected chi connectivity index (χ1v) is 7.76. The van der Waals surface area contributed by atoms with Gasteiger partial charge in [-0.25, -0.2) is 0 Å². The lowest BCUT2D eigenvalue weighted by atomic mass is 9.68. The maximum atomic E-state index is 6.88. The molecule has 2 nitrogen and oxygen atoms in total. The first kappa shape index (κ1) is 15.3. The molecule has 2 aliphatic carbocycles. The van der Waals surface area contributed by atoms with Crippen molar-refractivity contribution < 1.29 is 5.11 Å². The highest BCUT2D eigenvalue weighted by atomic mass is 16.2. The van der Waals surface area contributed by atoms with Crippen LogP contribution in [-0.4, -0.2) is 5.11 Å². The van der Waals surface area contributed by atoms with Gasteiger partial charge >= 0.3 is 0 Å². The molecule has 0 aromatic carbocycles. The summed E-state index contributed by atoms with van der Waals surface area (Å²) in [6.07, 6.45) is 18.9. The summed E-state index contributed by atoms with van der Waals surface area (Å²) in [5.41, 5.74) is 0.723. The summed E-state index contributed by atoms with van der Waals surface area (Å²) in [5, 5.41) is 13.8. The van der Waals surface area contributed by atoms with Crippen molar-refractivity contribution in [2.75, 3.05) is 0 Å². The summed E-state index contributed by atoms with van der Waals surface area (Å²) in [7, 11) is 0. The molecule has 18 heavy (non-hydrogen) atoms. The van der Waals surface area contributed by atoms with Gasteiger partial charge in [0.2, 0.25) is 0 Å². The van der Waals surface area contributed by atoms with Gasteiger partial charge in [-0.3, -0.25) is 0 Å². The second kappa shape index (κ2) is 8.40. The highest BCUT2D eigenvalue weighted by Crippen LogP contribution is 2.46. The van der Waals surface area contributed by atoms with Crippen LogP contribution >= 0.6 is 0 Å². The number of hydrogen-bond acceptors (Lipinski definition) is 2. The molecule has 2 rings (SSSR count). The Morgan fingerprint density at radius 3 is 1.72 bits per heavy atom. The fraction of sp³-hybridized carbons (Fsp3) is 0.938. The maximum Gasteiger partial charge on any atom is 0.283 e. The smallest absolute Gasteiger partial charge is 0.283 e. The van der Waals surface area contributed by atoms with Gasteiger partial charge in [0.25, 0.3) is 6.26 Å². The van der Waals surface area contributed by atoms with Crippen molar-refractivity contribution in [2.24, 2.45) is 11.3 Å². The zero-order chi connectivity index (χ0) is 13.3. The van der Waals surface area contributed by atoms with Gasteiger partial charge in [0.15, 0.2) is 0 Å². The third-order valence-electron chi connectivity index (χ3n) is 5.09. The molecular weight excluding hydrogens is 222 g/mol. The molecule has 1 N–H and O–H groups in total. The number of aliphatic hydroxyl groups is 1. The van der Waals surface area contributed by atoms with Crippen molar-refractivity contribution in [1.82, 2.24) is 0 Å². The van der Waals surface area contributed by atoms with Crippen LogP contribution in [0.5, 0.6) is 0 Å². The van der Waals surface area contributed by atoms with Crippen molar-refractivity contribution in [1.29, 1.82) is 5.26 Å². The quantitative estimate of drug-likeness (QED) is 0.517. The van der Waals surface area contributed by atoms with E-state index in [0.717, 1.165) is 17.6 Å². The normalized spacial score (nSPS) is 24.9. The molecule has 0 aromatic rings. The summed E-state index contributed by atoms with van der Waals surface area (Å²) in [6.45, 7) is 2.61. The number of nitriles is 1. The molecule has 0 aliphatic heterocycles. The molecule has 2 saturated carbocycles. The lowest BCUT2D eigenvalue weighted by Crippen LogP contribution is -2.26. The molecule has 0 amide bonds. The minimum Gasteiger partial charge on any atom is -0.443 e. The molecule has 0 atom stereocenters. The molecule has 0 radical (unpaired) electrons. The minimum atomic E-state index is 0.723. The number of nitrogens with zero attached hydrogens (tertiary/aromatic N) is 1. The standard InChI is InChI=1S/C15H28.CHNO/c1-15(12-8-4-5-9-13-15)14-10-6-2-3-7-11-14;2-1-3/h14H,2-13H2,1H3;3H. The van der Waals surface area contributed by atoms with Crippen molar-refractivity contribution in [3.63, 3.8) is 0 Å². The van der Waals surface area contributed by atoms with Gasteiger partial charge in [-0.1, -0.05) is 58.3 Å². The Morgan fingerprint density at radius 2 is 1.28 bits per heavy atom. The van der Waals surface area contributed by atoms with Crippen LogP contribution in [0.15, 0.2) is 0 Å². The predicted octanol–water partition coefficient (Wildman–Crippen LogP) is 5.16. The van der Waals surface area contributed by atoms with E-state index in [-0.39, 0.29) is 0 Å². The molecule has 0 bridgehead atoms. The molecule has 2 fully saturated rings. The van der Waals surface area contributed by atoms with Crippen LogP contribution in [0.2, 0.25) is 0 Å². The Morgan fingerprint density at radius 1 is 0.889 bits per heavy atom. The van der Waals surface area contributed by atoms with Crippen molar-refractivity contribution in [2.45, 2.75) is 84.0 Å². The topological polar surface area (TPSA) is 44.0 Å². The molecule has 2 aliphatic rings. The van der Waals surface area contributed by atoms with Gasteiger partial charge in [0.05, 0.1) is 0 Å². The summed E-state index contributed by atoms with van der Waals surface area (Å²) >= 11 is 0. The van der Waals surface area contributed by atoms with E-state index in [9.17, 15) is 0 Å². The molecule has 2 heteroatoms. The zero-order valence-electron chi connectivity index (χ0n) is 12.0. The first-order valence-electron chi connectivity index (χ1n) is 7.76. The second-order valence-electron chi connectivity index (χ2n) is 6.36. The molecular formula is C16H29NO. The fourth-order valence-corrected chi connectivity index (χ4v) is 3.92. The summed E-state index contributed by atoms with van der Waals surface area (Å²) in [5.74, 6) is 1.07. The molecule has 0 unspecified atom stereocenters. The Balaban J connectivity index is 0.000000492. The van der Waals surface area contributed by atoms with E-state index in [1.165, 1.54) is 77.0 Å². The zero-order valence-corrected chi connectivity index (χ0v) is 12.0. The summed E-state index contributed by atoms with van der Waals surface area (Å²) in [4.78, 5) is 0. The molecule has 0 aromatic heterocycles. The lowest BCUT2D eigenvalue weighted by molar-refractivity contribution is 0.139. The number of aliphatic hydroxyl groups excluding tert-OH is 1. The maximum absolute atomic E-state index is 6.88. The largest absolute Gasteiger partial charge is 0.443 e. The predicted molar refractivity (Wildman–Crippen MR) is 74.5 cm³/mol. The third-order valence-corrected chi connectivity index (χ3v) is 5.09. The molecule has 104 valence electrons. The van der Waals surface area contributed by atoms with Crippen LogP contribution in [0.4, 0.5) is 0 Å². The van der Waals surface area contributed by atoms with Crippen molar-refractivity contribution in [3.05, 3.63) is 0 Å². The molecule has 0 saturated heterocycles. The average molecular weight is 251 g/mol.